The van der Waals surface area contributed by atoms with Crippen molar-refractivity contribution in [1.82, 2.24) is 10.6 Å². The van der Waals surface area contributed by atoms with E-state index in [1.165, 1.54) is 58.1 Å². The van der Waals surface area contributed by atoms with E-state index < -0.39 is 0 Å². The van der Waals surface area contributed by atoms with E-state index in [-0.39, 0.29) is 12.3 Å². The third-order valence-corrected chi connectivity index (χ3v) is 13.9. The average Bonchev–Trinajstić information content (AvgIpc) is 3.90. The van der Waals surface area contributed by atoms with E-state index >= 15 is 0 Å². The molecule has 292 valence electrons. The number of furan rings is 1. The maximum Gasteiger partial charge on any atom is 0.136 e. The van der Waals surface area contributed by atoms with Gasteiger partial charge < -0.3 is 9.73 Å². The topological polar surface area (TPSA) is 49.6 Å². The molecule has 0 spiro atoms. The van der Waals surface area contributed by atoms with Crippen LogP contribution < -0.4 is 10.6 Å². The molecule has 2 aromatic heterocycles. The largest absolute Gasteiger partial charge is 0.456 e. The minimum absolute atomic E-state index is 0.255. The molecule has 0 fully saturated rings. The minimum Gasteiger partial charge on any atom is -0.456 e. The predicted octanol–water partition coefficient (Wildman–Crippen LogP) is 15.1. The van der Waals surface area contributed by atoms with Crippen molar-refractivity contribution in [1.29, 1.82) is 0 Å². The number of amidine groups is 1. The van der Waals surface area contributed by atoms with Crippen LogP contribution in [-0.2, 0) is 0 Å². The standard InChI is InChI=1S/C57H37N3OS/c1-2-13-34(14-3-1)40-31-47(53-48-30-37-17-6-7-18-38(37)32-49(48)61-50(53)33-40)43-27-28-44(42-20-9-8-19-41(42)43)56-58-55(39-26-25-35-15-4-5-16-36(35)29-39)59-57(60-56)46-22-12-24-52-54(46)45-21-10-11-23-51(45)62-52/h1-33,56-57,60H,(H,58,59). The fourth-order valence-electron chi connectivity index (χ4n) is 9.80. The summed E-state index contributed by atoms with van der Waals surface area (Å²) in [6.45, 7) is 0. The second-order valence-electron chi connectivity index (χ2n) is 16.3. The summed E-state index contributed by atoms with van der Waals surface area (Å²) in [6.07, 6.45) is -0.563. The van der Waals surface area contributed by atoms with Crippen molar-refractivity contribution in [3.63, 3.8) is 0 Å². The van der Waals surface area contributed by atoms with Crippen molar-refractivity contribution in [2.45, 2.75) is 12.3 Å². The maximum absolute atomic E-state index is 6.77. The summed E-state index contributed by atoms with van der Waals surface area (Å²) in [4.78, 5) is 5.49. The maximum atomic E-state index is 6.77. The molecular weight excluding hydrogens is 775 g/mol. The lowest BCUT2D eigenvalue weighted by molar-refractivity contribution is 0.413. The van der Waals surface area contributed by atoms with Crippen LogP contribution in [0.25, 0.3) is 96.7 Å². The predicted molar refractivity (Wildman–Crippen MR) is 261 cm³/mol. The van der Waals surface area contributed by atoms with Crippen LogP contribution >= 0.6 is 11.3 Å². The first-order valence-corrected chi connectivity index (χ1v) is 22.0. The Bertz CT molecular complexity index is 3790. The summed E-state index contributed by atoms with van der Waals surface area (Å²) in [5, 5.41) is 19.8. The van der Waals surface area contributed by atoms with Gasteiger partial charge in [0.05, 0.1) is 0 Å². The molecule has 12 aromatic rings. The van der Waals surface area contributed by atoms with Crippen LogP contribution in [0.3, 0.4) is 0 Å². The van der Waals surface area contributed by atoms with Crippen molar-refractivity contribution in [2.75, 3.05) is 0 Å². The van der Waals surface area contributed by atoms with Crippen molar-refractivity contribution >= 4 is 91.6 Å². The number of hydrogen-bond acceptors (Lipinski definition) is 5. The van der Waals surface area contributed by atoms with E-state index in [2.05, 4.69) is 211 Å². The lowest BCUT2D eigenvalue weighted by Crippen LogP contribution is -2.45. The second-order valence-corrected chi connectivity index (χ2v) is 17.4. The molecular formula is C57H37N3OS. The molecule has 1 aliphatic rings. The molecule has 0 saturated carbocycles. The Morgan fingerprint density at radius 2 is 1.13 bits per heavy atom. The van der Waals surface area contributed by atoms with Crippen LogP contribution in [0.4, 0.5) is 0 Å². The Kier molecular flexibility index (Phi) is 7.95. The first-order chi connectivity index (χ1) is 30.7. The van der Waals surface area contributed by atoms with Crippen molar-refractivity contribution < 1.29 is 4.42 Å². The molecule has 5 heteroatoms. The van der Waals surface area contributed by atoms with Gasteiger partial charge in [0.2, 0.25) is 0 Å². The van der Waals surface area contributed by atoms with E-state index in [0.717, 1.165) is 61.2 Å². The molecule has 2 N–H and O–H groups in total. The second kappa shape index (κ2) is 14.0. The third kappa shape index (κ3) is 5.67. The molecule has 1 aliphatic heterocycles. The van der Waals surface area contributed by atoms with Gasteiger partial charge in [0, 0.05) is 42.1 Å². The normalized spacial score (nSPS) is 15.6. The summed E-state index contributed by atoms with van der Waals surface area (Å²) in [6, 6.07) is 72.2. The average molecular weight is 812 g/mol. The number of nitrogens with zero attached hydrogens (tertiary/aromatic N) is 1. The van der Waals surface area contributed by atoms with Crippen LogP contribution in [-0.4, -0.2) is 5.84 Å². The van der Waals surface area contributed by atoms with Gasteiger partial charge in [-0.15, -0.1) is 11.3 Å². The molecule has 62 heavy (non-hydrogen) atoms. The molecule has 0 radical (unpaired) electrons. The van der Waals surface area contributed by atoms with E-state index in [4.69, 9.17) is 9.41 Å². The molecule has 2 unspecified atom stereocenters. The number of aliphatic imine (C=N–C) groups is 1. The van der Waals surface area contributed by atoms with Crippen LogP contribution in [0.2, 0.25) is 0 Å². The van der Waals surface area contributed by atoms with Gasteiger partial charge in [-0.1, -0.05) is 158 Å². The third-order valence-electron chi connectivity index (χ3n) is 12.7. The Balaban J connectivity index is 1.01. The van der Waals surface area contributed by atoms with Gasteiger partial charge in [-0.25, -0.2) is 4.99 Å². The van der Waals surface area contributed by atoms with Gasteiger partial charge in [0.15, 0.2) is 0 Å². The molecule has 0 bridgehead atoms. The summed E-state index contributed by atoms with van der Waals surface area (Å²) in [5.74, 6) is 0.864. The highest BCUT2D eigenvalue weighted by atomic mass is 32.1. The number of benzene rings is 10. The first-order valence-electron chi connectivity index (χ1n) is 21.2. The quantitative estimate of drug-likeness (QED) is 0.182. The zero-order chi connectivity index (χ0) is 40.7. The number of hydrogen-bond donors (Lipinski definition) is 2. The van der Waals surface area contributed by atoms with Gasteiger partial charge in [-0.05, 0) is 103 Å². The lowest BCUT2D eigenvalue weighted by atomic mass is 9.89. The smallest absolute Gasteiger partial charge is 0.136 e. The van der Waals surface area contributed by atoms with Gasteiger partial charge in [0.25, 0.3) is 0 Å². The van der Waals surface area contributed by atoms with Gasteiger partial charge in [-0.2, -0.15) is 0 Å². The molecule has 0 amide bonds. The van der Waals surface area contributed by atoms with Gasteiger partial charge in [-0.3, -0.25) is 5.32 Å². The summed E-state index contributed by atoms with van der Waals surface area (Å²) >= 11 is 1.84. The fraction of sp³-hybridized carbons (Fsp3) is 0.0351. The van der Waals surface area contributed by atoms with Crippen LogP contribution in [0.5, 0.6) is 0 Å². The Morgan fingerprint density at radius 1 is 0.419 bits per heavy atom. The fourth-order valence-corrected chi connectivity index (χ4v) is 10.9. The number of fused-ring (bicyclic) bond motifs is 9. The summed E-state index contributed by atoms with van der Waals surface area (Å²) < 4.78 is 9.32. The molecule has 0 saturated heterocycles. The van der Waals surface area contributed by atoms with E-state index in [9.17, 15) is 0 Å². The number of thiophene rings is 1. The molecule has 3 heterocycles. The molecule has 13 rings (SSSR count). The highest BCUT2D eigenvalue weighted by molar-refractivity contribution is 7.25. The molecule has 0 aliphatic carbocycles. The van der Waals surface area contributed by atoms with Crippen molar-refractivity contribution in [3.05, 3.63) is 217 Å². The highest BCUT2D eigenvalue weighted by Crippen LogP contribution is 2.45. The van der Waals surface area contributed by atoms with Gasteiger partial charge in [0.1, 0.15) is 29.3 Å². The van der Waals surface area contributed by atoms with Crippen molar-refractivity contribution in [3.8, 4) is 22.3 Å². The van der Waals surface area contributed by atoms with E-state index in [1.54, 1.807) is 0 Å². The van der Waals surface area contributed by atoms with Crippen LogP contribution in [0, 0.1) is 0 Å². The Labute approximate surface area is 361 Å². The Morgan fingerprint density at radius 3 is 1.98 bits per heavy atom. The lowest BCUT2D eigenvalue weighted by Gasteiger charge is -2.33. The SMILES string of the molecule is c1ccc(-c2cc(-c3ccc(C4NC(c5ccc6ccccc6c5)=NC(c5cccc6sc7ccccc7c56)N4)c4ccccc34)c3c(c2)oc2cc4ccccc4cc23)cc1. The van der Waals surface area contributed by atoms with Gasteiger partial charge >= 0.3 is 0 Å². The molecule has 4 nitrogen and oxygen atoms in total. The zero-order valence-electron chi connectivity index (χ0n) is 33.5. The van der Waals surface area contributed by atoms with Crippen LogP contribution in [0.1, 0.15) is 29.0 Å². The number of rotatable bonds is 5. The number of nitrogens with one attached hydrogen (secondary N) is 2. The molecule has 10 aromatic carbocycles. The van der Waals surface area contributed by atoms with E-state index in [1.807, 2.05) is 11.3 Å². The first kappa shape index (κ1) is 35.2. The highest BCUT2D eigenvalue weighted by Gasteiger charge is 2.29. The minimum atomic E-state index is -0.308. The zero-order valence-corrected chi connectivity index (χ0v) is 34.3. The summed E-state index contributed by atoms with van der Waals surface area (Å²) in [5.41, 5.74) is 9.73. The monoisotopic (exact) mass is 811 g/mol. The van der Waals surface area contributed by atoms with Crippen molar-refractivity contribution in [2.24, 2.45) is 4.99 Å². The van der Waals surface area contributed by atoms with Crippen LogP contribution in [0.15, 0.2) is 210 Å². The van der Waals surface area contributed by atoms with E-state index in [0.29, 0.717) is 0 Å². The molecule has 2 atom stereocenters. The Hall–Kier alpha value is -7.57. The summed E-state index contributed by atoms with van der Waals surface area (Å²) in [7, 11) is 0.